The smallest absolute Gasteiger partial charge is 0.328 e. The highest BCUT2D eigenvalue weighted by Gasteiger charge is 2.19. The minimum atomic E-state index is -0.534. The van der Waals surface area contributed by atoms with E-state index in [4.69, 9.17) is 4.74 Å². The lowest BCUT2D eigenvalue weighted by molar-refractivity contribution is -0.116. The van der Waals surface area contributed by atoms with Crippen LogP contribution in [0, 0.1) is 0 Å². The van der Waals surface area contributed by atoms with Crippen LogP contribution in [0.15, 0.2) is 52.2 Å². The molecule has 0 aliphatic carbocycles. The van der Waals surface area contributed by atoms with Crippen molar-refractivity contribution in [1.82, 2.24) is 19.4 Å². The fourth-order valence-electron chi connectivity index (χ4n) is 3.32. The first-order valence-corrected chi connectivity index (χ1v) is 10.8. The monoisotopic (exact) mass is 441 g/mol. The van der Waals surface area contributed by atoms with Gasteiger partial charge in [-0.05, 0) is 0 Å². The van der Waals surface area contributed by atoms with Gasteiger partial charge >= 0.3 is 5.69 Å². The maximum atomic E-state index is 12.5. The number of nitrogens with zero attached hydrogens (tertiary/aromatic N) is 3. The number of thiazole rings is 1. The minimum absolute atomic E-state index is 0.0883. The third-order valence-electron chi connectivity index (χ3n) is 4.94. The summed E-state index contributed by atoms with van der Waals surface area (Å²) in [4.78, 5) is 45.6. The molecule has 3 aromatic rings. The van der Waals surface area contributed by atoms with Gasteiger partial charge < -0.3 is 14.6 Å². The average Bonchev–Trinajstić information content (AvgIpc) is 3.16. The molecule has 1 amide bonds. The van der Waals surface area contributed by atoms with E-state index in [9.17, 15) is 14.4 Å². The number of H-pyrrole nitrogens is 1. The Balaban J connectivity index is 1.47. The minimum Gasteiger partial charge on any atom is -0.379 e. The van der Waals surface area contributed by atoms with Crippen LogP contribution in [-0.2, 0) is 22.6 Å². The summed E-state index contributed by atoms with van der Waals surface area (Å²) < 4.78 is 6.73. The number of amides is 1. The average molecular weight is 442 g/mol. The van der Waals surface area contributed by atoms with Gasteiger partial charge in [0.25, 0.3) is 5.56 Å². The first-order valence-electron chi connectivity index (χ1n) is 10.0. The maximum Gasteiger partial charge on any atom is 0.328 e. The molecular weight excluding hydrogens is 418 g/mol. The van der Waals surface area contributed by atoms with Crippen molar-refractivity contribution in [3.63, 3.8) is 0 Å². The van der Waals surface area contributed by atoms with E-state index in [2.05, 4.69) is 20.2 Å². The molecule has 1 aliphatic heterocycles. The lowest BCUT2D eigenvalue weighted by Crippen LogP contribution is -2.35. The molecule has 1 aliphatic rings. The summed E-state index contributed by atoms with van der Waals surface area (Å²) in [5.41, 5.74) is 0.870. The summed E-state index contributed by atoms with van der Waals surface area (Å²) in [7, 11) is 0. The molecule has 1 fully saturated rings. The molecule has 162 valence electrons. The predicted molar refractivity (Wildman–Crippen MR) is 118 cm³/mol. The normalized spacial score (nSPS) is 14.5. The van der Waals surface area contributed by atoms with Crippen molar-refractivity contribution in [2.24, 2.45) is 0 Å². The van der Waals surface area contributed by atoms with Crippen molar-refractivity contribution < 1.29 is 9.53 Å². The van der Waals surface area contributed by atoms with Gasteiger partial charge in [-0.25, -0.2) is 9.78 Å². The SMILES string of the molecule is O=C(CCn1ccc(=O)[nH]c1=O)Nc1nc(-c2ccccc2)c(CN2CCOCC2)s1. The molecule has 0 saturated carbocycles. The molecular formula is C21H23N5O4S. The number of benzene rings is 1. The topological polar surface area (TPSA) is 109 Å². The third kappa shape index (κ3) is 5.54. The molecule has 3 heterocycles. The molecule has 0 atom stereocenters. The van der Waals surface area contributed by atoms with Gasteiger partial charge in [0.2, 0.25) is 5.91 Å². The van der Waals surface area contributed by atoms with Crippen LogP contribution in [0.3, 0.4) is 0 Å². The molecule has 2 N–H and O–H groups in total. The van der Waals surface area contributed by atoms with E-state index in [1.165, 1.54) is 28.2 Å². The number of rotatable bonds is 7. The van der Waals surface area contributed by atoms with Gasteiger partial charge in [-0.3, -0.25) is 19.5 Å². The Labute approximate surface area is 182 Å². The summed E-state index contributed by atoms with van der Waals surface area (Å²) in [5, 5.41) is 3.38. The van der Waals surface area contributed by atoms with Crippen LogP contribution in [0.1, 0.15) is 11.3 Å². The number of anilines is 1. The quantitative estimate of drug-likeness (QED) is 0.575. The highest BCUT2D eigenvalue weighted by Crippen LogP contribution is 2.32. The number of nitrogens with one attached hydrogen (secondary N) is 2. The van der Waals surface area contributed by atoms with E-state index >= 15 is 0 Å². The van der Waals surface area contributed by atoms with E-state index in [1.807, 2.05) is 30.3 Å². The number of ether oxygens (including phenoxy) is 1. The Hall–Kier alpha value is -3.08. The Morgan fingerprint density at radius 1 is 1.16 bits per heavy atom. The van der Waals surface area contributed by atoms with Crippen molar-refractivity contribution in [2.45, 2.75) is 19.5 Å². The second kappa shape index (κ2) is 9.82. The zero-order chi connectivity index (χ0) is 21.6. The molecule has 4 rings (SSSR count). The first-order chi connectivity index (χ1) is 15.1. The molecule has 9 nitrogen and oxygen atoms in total. The van der Waals surface area contributed by atoms with Gasteiger partial charge in [0, 0.05) is 55.3 Å². The summed E-state index contributed by atoms with van der Waals surface area (Å²) in [6.45, 7) is 4.07. The van der Waals surface area contributed by atoms with E-state index in [0.717, 1.165) is 35.8 Å². The van der Waals surface area contributed by atoms with Gasteiger partial charge in [0.1, 0.15) is 0 Å². The van der Waals surface area contributed by atoms with Crippen molar-refractivity contribution in [3.05, 3.63) is 68.3 Å². The number of aryl methyl sites for hydroxylation is 1. The van der Waals surface area contributed by atoms with E-state index < -0.39 is 11.2 Å². The molecule has 10 heteroatoms. The summed E-state index contributed by atoms with van der Waals surface area (Å²) in [6.07, 6.45) is 1.47. The largest absolute Gasteiger partial charge is 0.379 e. The van der Waals surface area contributed by atoms with Gasteiger partial charge in [-0.1, -0.05) is 41.7 Å². The van der Waals surface area contributed by atoms with Gasteiger partial charge in [0.15, 0.2) is 5.13 Å². The number of hydrogen-bond donors (Lipinski definition) is 2. The molecule has 31 heavy (non-hydrogen) atoms. The zero-order valence-electron chi connectivity index (χ0n) is 16.9. The standard InChI is InChI=1S/C21H23N5O4S/c27-17(6-8-26-9-7-18(28)23-21(26)29)22-20-24-19(15-4-2-1-3-5-15)16(31-20)14-25-10-12-30-13-11-25/h1-5,7,9H,6,8,10-14H2,(H,22,24,27)(H,23,28,29). The van der Waals surface area contributed by atoms with E-state index in [-0.39, 0.29) is 18.9 Å². The van der Waals surface area contributed by atoms with Gasteiger partial charge in [-0.2, -0.15) is 0 Å². The zero-order valence-corrected chi connectivity index (χ0v) is 17.7. The van der Waals surface area contributed by atoms with Crippen molar-refractivity contribution in [1.29, 1.82) is 0 Å². The number of carbonyl (C=O) groups is 1. The molecule has 0 unspecified atom stereocenters. The lowest BCUT2D eigenvalue weighted by Gasteiger charge is -2.26. The van der Waals surface area contributed by atoms with Crippen LogP contribution >= 0.6 is 11.3 Å². The summed E-state index contributed by atoms with van der Waals surface area (Å²) >= 11 is 1.46. The Kier molecular flexibility index (Phi) is 6.70. The molecule has 0 spiro atoms. The summed E-state index contributed by atoms with van der Waals surface area (Å²) in [6, 6.07) is 11.2. The fourth-order valence-corrected chi connectivity index (χ4v) is 4.36. The van der Waals surface area contributed by atoms with E-state index in [0.29, 0.717) is 18.3 Å². The molecule has 2 aromatic heterocycles. The van der Waals surface area contributed by atoms with Crippen LogP contribution in [-0.4, -0.2) is 51.6 Å². The van der Waals surface area contributed by atoms with Crippen molar-refractivity contribution in [3.8, 4) is 11.3 Å². The van der Waals surface area contributed by atoms with Gasteiger partial charge in [0.05, 0.1) is 18.9 Å². The summed E-state index contributed by atoms with van der Waals surface area (Å²) in [5.74, 6) is -0.246. The molecule has 1 saturated heterocycles. The number of aromatic nitrogens is 3. The third-order valence-corrected chi connectivity index (χ3v) is 5.89. The number of carbonyl (C=O) groups excluding carboxylic acids is 1. The maximum absolute atomic E-state index is 12.5. The number of morpholine rings is 1. The fraction of sp³-hybridized carbons (Fsp3) is 0.333. The Morgan fingerprint density at radius 3 is 2.68 bits per heavy atom. The molecule has 1 aromatic carbocycles. The van der Waals surface area contributed by atoms with Crippen LogP contribution in [0.4, 0.5) is 5.13 Å². The number of aromatic amines is 1. The first kappa shape index (κ1) is 21.2. The van der Waals surface area contributed by atoms with Crippen molar-refractivity contribution in [2.75, 3.05) is 31.6 Å². The lowest BCUT2D eigenvalue weighted by atomic mass is 10.1. The predicted octanol–water partition coefficient (Wildman–Crippen LogP) is 1.52. The molecule has 0 radical (unpaired) electrons. The number of hydrogen-bond acceptors (Lipinski definition) is 7. The van der Waals surface area contributed by atoms with Gasteiger partial charge in [-0.15, -0.1) is 0 Å². The Morgan fingerprint density at radius 2 is 1.94 bits per heavy atom. The van der Waals surface area contributed by atoms with Crippen LogP contribution < -0.4 is 16.6 Å². The van der Waals surface area contributed by atoms with Crippen molar-refractivity contribution >= 4 is 22.4 Å². The molecule has 0 bridgehead atoms. The van der Waals surface area contributed by atoms with Crippen LogP contribution in [0.2, 0.25) is 0 Å². The second-order valence-electron chi connectivity index (χ2n) is 7.15. The highest BCUT2D eigenvalue weighted by molar-refractivity contribution is 7.16. The van der Waals surface area contributed by atoms with E-state index in [1.54, 1.807) is 0 Å². The second-order valence-corrected chi connectivity index (χ2v) is 8.23. The van der Waals surface area contributed by atoms with Crippen LogP contribution in [0.5, 0.6) is 0 Å². The Bertz CT molecular complexity index is 1150. The van der Waals surface area contributed by atoms with Crippen LogP contribution in [0.25, 0.3) is 11.3 Å². The highest BCUT2D eigenvalue weighted by atomic mass is 32.1.